The number of hydrogen-bond acceptors (Lipinski definition) is 23. The van der Waals surface area contributed by atoms with Gasteiger partial charge >= 0.3 is 0 Å². The summed E-state index contributed by atoms with van der Waals surface area (Å²) in [6.45, 7) is 1.36. The maximum atomic E-state index is 14.8. The maximum absolute atomic E-state index is 14.8. The Morgan fingerprint density at radius 2 is 0.615 bits per heavy atom. The Hall–Kier alpha value is -12.4. The number of carbonyl (C=O) groups excluding carboxylic acids is 11. The molecule has 0 radical (unpaired) electrons. The van der Waals surface area contributed by atoms with Crippen molar-refractivity contribution in [2.45, 2.75) is 209 Å². The largest absolute Gasteiger partial charge is 0.370 e. The first-order valence-corrected chi connectivity index (χ1v) is 39.7. The summed E-state index contributed by atoms with van der Waals surface area (Å²) in [7, 11) is 0. The molecule has 0 aromatic carbocycles. The summed E-state index contributed by atoms with van der Waals surface area (Å²) < 4.78 is 0. The molecule has 0 aliphatic heterocycles. The molecular formula is C69H126N36O11S. The summed E-state index contributed by atoms with van der Waals surface area (Å²) in [5.74, 6) is -10.4. The Morgan fingerprint density at radius 3 is 0.923 bits per heavy atom. The molecule has 11 amide bonds. The zero-order valence-electron chi connectivity index (χ0n) is 66.2. The lowest BCUT2D eigenvalue weighted by Crippen LogP contribution is -2.60. The normalized spacial score (nSPS) is 12.8. The van der Waals surface area contributed by atoms with Gasteiger partial charge in [-0.05, 0) is 160 Å². The number of guanidine groups is 7. The smallest absolute Gasteiger partial charge is 0.261 e. The van der Waals surface area contributed by atoms with E-state index in [2.05, 4.69) is 100 Å². The lowest BCUT2D eigenvalue weighted by molar-refractivity contribution is -0.136. The van der Waals surface area contributed by atoms with Gasteiger partial charge in [0, 0.05) is 77.9 Å². The number of aromatic nitrogens is 2. The number of hydrogen-bond donors (Lipinski definition) is 34. The third-order valence-corrected chi connectivity index (χ3v) is 18.6. The number of amides is 11. The van der Waals surface area contributed by atoms with Crippen LogP contribution in [0.4, 0.5) is 5.95 Å². The zero-order chi connectivity index (χ0) is 87.0. The lowest BCUT2D eigenvalue weighted by Gasteiger charge is -2.28. The van der Waals surface area contributed by atoms with Crippen molar-refractivity contribution >= 4 is 124 Å². The van der Waals surface area contributed by atoms with Crippen LogP contribution in [0.2, 0.25) is 0 Å². The molecule has 0 aliphatic rings. The molecule has 0 bridgehead atoms. The molecule has 654 valence electrons. The lowest BCUT2D eigenvalue weighted by atomic mass is 10.0. The van der Waals surface area contributed by atoms with Gasteiger partial charge in [-0.15, -0.1) is 11.3 Å². The summed E-state index contributed by atoms with van der Waals surface area (Å²) >= 11 is 1.26. The highest BCUT2D eigenvalue weighted by molar-refractivity contribution is 7.17. The van der Waals surface area contributed by atoms with Gasteiger partial charge in [0.1, 0.15) is 48.3 Å². The Bertz CT molecular complexity index is 3570. The van der Waals surface area contributed by atoms with E-state index in [1.165, 1.54) is 17.5 Å². The molecular weight excluding hydrogens is 1540 g/mol. The minimum absolute atomic E-state index is 0.00531. The van der Waals surface area contributed by atoms with Crippen molar-refractivity contribution in [2.75, 3.05) is 71.2 Å². The van der Waals surface area contributed by atoms with Gasteiger partial charge in [0.25, 0.3) is 5.91 Å². The second-order valence-corrected chi connectivity index (χ2v) is 28.4. The van der Waals surface area contributed by atoms with E-state index >= 15 is 0 Å². The van der Waals surface area contributed by atoms with Gasteiger partial charge in [-0.2, -0.15) is 0 Å². The summed E-state index contributed by atoms with van der Waals surface area (Å²) in [4.78, 5) is 162. The van der Waals surface area contributed by atoms with Crippen LogP contribution in [0.25, 0.3) is 10.6 Å². The van der Waals surface area contributed by atoms with Gasteiger partial charge < -0.3 is 148 Å². The summed E-state index contributed by atoms with van der Waals surface area (Å²) in [6, 6.07) is -5.60. The van der Waals surface area contributed by atoms with Crippen molar-refractivity contribution < 1.29 is 52.7 Å². The number of nitrogen functional groups attached to an aromatic ring is 1. The number of primary amides is 1. The molecule has 2 rings (SSSR count). The van der Waals surface area contributed by atoms with Crippen molar-refractivity contribution in [3.63, 3.8) is 0 Å². The molecule has 0 unspecified atom stereocenters. The van der Waals surface area contributed by atoms with Crippen LogP contribution < -0.4 is 148 Å². The summed E-state index contributed by atoms with van der Waals surface area (Å²) in [5.41, 5.74) is 56.3. The molecule has 8 atom stereocenters. The predicted octanol–water partition coefficient (Wildman–Crippen LogP) is -6.91. The molecule has 117 heavy (non-hydrogen) atoms. The number of nitrogens with two attached hydrogens (primary N) is 10. The Kier molecular flexibility index (Phi) is 50.3. The molecule has 0 saturated carbocycles. The highest BCUT2D eigenvalue weighted by Crippen LogP contribution is 2.27. The molecule has 0 aliphatic carbocycles. The molecule has 0 fully saturated rings. The average Bonchev–Trinajstić information content (AvgIpc) is 1.70. The number of carbonyl (C=O) groups is 11. The molecule has 47 nitrogen and oxygen atoms in total. The Labute approximate surface area is 683 Å². The van der Waals surface area contributed by atoms with Crippen LogP contribution in [-0.4, -0.2) is 230 Å². The minimum atomic E-state index is -1.53. The average molecular weight is 1670 g/mol. The first-order chi connectivity index (χ1) is 55.7. The highest BCUT2D eigenvalue weighted by atomic mass is 32.1. The molecule has 44 N–H and O–H groups in total. The molecule has 2 aromatic heterocycles. The third-order valence-electron chi connectivity index (χ3n) is 17.5. The zero-order valence-corrected chi connectivity index (χ0v) is 67.1. The van der Waals surface area contributed by atoms with Gasteiger partial charge in [0.2, 0.25) is 65.0 Å². The molecule has 0 saturated heterocycles. The number of nitrogens with one attached hydrogen (secondary N) is 24. The summed E-state index contributed by atoms with van der Waals surface area (Å²) in [5, 5.41) is 99.1. The fourth-order valence-corrected chi connectivity index (χ4v) is 12.3. The monoisotopic (exact) mass is 1670 g/mol. The van der Waals surface area contributed by atoms with Crippen LogP contribution in [0.1, 0.15) is 170 Å². The molecule has 2 aromatic rings. The number of thiophene rings is 1. The quantitative estimate of drug-likeness (QED) is 0.0166. The van der Waals surface area contributed by atoms with Crippen molar-refractivity contribution in [3.05, 3.63) is 29.3 Å². The van der Waals surface area contributed by atoms with Crippen LogP contribution in [0.5, 0.6) is 0 Å². The number of rotatable bonds is 62. The summed E-state index contributed by atoms with van der Waals surface area (Å²) in [6.07, 6.45) is 5.73. The molecule has 2 heterocycles. The first kappa shape index (κ1) is 101. The van der Waals surface area contributed by atoms with Crippen molar-refractivity contribution in [1.82, 2.24) is 100 Å². The van der Waals surface area contributed by atoms with E-state index in [9.17, 15) is 52.7 Å². The fourth-order valence-electron chi connectivity index (χ4n) is 11.4. The van der Waals surface area contributed by atoms with Crippen molar-refractivity contribution in [2.24, 2.45) is 51.6 Å². The van der Waals surface area contributed by atoms with Gasteiger partial charge in [0.15, 0.2) is 41.7 Å². The van der Waals surface area contributed by atoms with Gasteiger partial charge in [-0.1, -0.05) is 12.8 Å². The van der Waals surface area contributed by atoms with Crippen LogP contribution in [0, 0.1) is 37.9 Å². The number of nitrogens with zero attached hydrogens (tertiary/aromatic N) is 2. The van der Waals surface area contributed by atoms with Gasteiger partial charge in [-0.3, -0.25) is 90.6 Å². The van der Waals surface area contributed by atoms with E-state index in [0.29, 0.717) is 75.0 Å². The molecule has 0 spiro atoms. The van der Waals surface area contributed by atoms with E-state index < -0.39 is 125 Å². The van der Waals surface area contributed by atoms with Crippen molar-refractivity contribution in [1.29, 1.82) is 37.9 Å². The minimum Gasteiger partial charge on any atom is -0.370 e. The second-order valence-electron chi connectivity index (χ2n) is 27.3. The second kappa shape index (κ2) is 58.4. The van der Waals surface area contributed by atoms with E-state index in [0.717, 1.165) is 4.88 Å². The SMILES string of the molecule is N=C(N)NCCC[C@@H](NC(=O)CCCCCNC(=O)c1ccc(-c2ccnc(N)n2)s1)C(=O)NCCCCCC(=O)N[C@H](CCCNC(=N)N)C(=O)N[C@H](CCCNC(=N)N)C(=O)N[C@H](CCCNC(=N)N)C(=O)N[C@H](CCCNC(=N)N)C(=O)N[C@H](CCCNC(=N)N)C(=O)N[C@H](CCCNC(=N)N)C(=O)N[C@H](CCCCN)C(N)=O. The molecule has 48 heteroatoms. The van der Waals surface area contributed by atoms with Crippen LogP contribution in [0.15, 0.2) is 24.4 Å². The Morgan fingerprint density at radius 1 is 0.325 bits per heavy atom. The Balaban J connectivity index is 2.38. The third kappa shape index (κ3) is 47.2. The maximum Gasteiger partial charge on any atom is 0.261 e. The van der Waals surface area contributed by atoms with E-state index in [1.807, 2.05) is 0 Å². The first-order valence-electron chi connectivity index (χ1n) is 38.9. The number of anilines is 1. The van der Waals surface area contributed by atoms with E-state index in [4.69, 9.17) is 95.2 Å². The van der Waals surface area contributed by atoms with E-state index in [1.54, 1.807) is 18.2 Å². The van der Waals surface area contributed by atoms with Crippen LogP contribution in [-0.2, 0) is 47.9 Å². The standard InChI is InChI=1S/C69H126N36O11S/c70-29-6-5-16-41(53(71)108)99-56(111)44(19-11-34-91-64(76)77)101-58(113)46(21-13-36-93-66(80)81)103-60(115)48(23-15-38-95-68(84)85)104-59(114)47(22-14-37-94-67(82)83)102-57(112)45(20-12-35-92-65(78)79)100-55(110)43(18-10-33-90-63(74)75)98-52(107)25-3-1-7-30-87-54(109)42(17-9-32-89-62(72)73)97-51(106)24-4-2-8-31-88-61(116)50-27-26-49(117-50)40-28-39-96-69(86)105-40/h26-28,39,41-48H,1-25,29-38,70H2,(H2,71,108)(H,87,109)(H,88,116)(H,97,106)(H,98,107)(H,99,111)(H,100,110)(H,101,113)(H,102,112)(H,103,115)(H,104,114)(H4,72,73,89)(H4,74,75,90)(H4,76,77,91)(H4,78,79,92)(H4,80,81,93)(H4,82,83,94)(H4,84,85,95)(H2,86,96,105)/t41-,42-,43-,44-,45-,46-,47-,48-/m1/s1. The topological polar surface area (TPSA) is 845 Å². The van der Waals surface area contributed by atoms with Crippen LogP contribution >= 0.6 is 11.3 Å². The van der Waals surface area contributed by atoms with E-state index in [-0.39, 0.29) is 197 Å². The predicted molar refractivity (Wildman–Crippen MR) is 444 cm³/mol. The van der Waals surface area contributed by atoms with Crippen molar-refractivity contribution in [3.8, 4) is 10.6 Å². The van der Waals surface area contributed by atoms with Gasteiger partial charge in [0.05, 0.1) is 15.4 Å². The van der Waals surface area contributed by atoms with Gasteiger partial charge in [-0.25, -0.2) is 9.97 Å². The fraction of sp³-hybridized carbons (Fsp3) is 0.623. The number of unbranched alkanes of at least 4 members (excludes halogenated alkanes) is 5. The highest BCUT2D eigenvalue weighted by Gasteiger charge is 2.35. The van der Waals surface area contributed by atoms with Crippen LogP contribution in [0.3, 0.4) is 0 Å².